The van der Waals surface area contributed by atoms with Crippen molar-refractivity contribution < 1.29 is 19.7 Å². The maximum atomic E-state index is 10.00. The smallest absolute Gasteiger partial charge is 0.200 e. The molecule has 0 saturated carbocycles. The summed E-state index contributed by atoms with van der Waals surface area (Å²) in [6.07, 6.45) is 0. The Bertz CT molecular complexity index is 894. The zero-order valence-electron chi connectivity index (χ0n) is 14.3. The van der Waals surface area contributed by atoms with Gasteiger partial charge in [-0.25, -0.2) is 0 Å². The number of fused-ring (bicyclic) bond motifs is 1. The largest absolute Gasteiger partial charge is 0.508 e. The third-order valence-corrected chi connectivity index (χ3v) is 3.94. The van der Waals surface area contributed by atoms with E-state index in [0.717, 1.165) is 27.8 Å². The van der Waals surface area contributed by atoms with Gasteiger partial charge in [-0.1, -0.05) is 0 Å². The Labute approximate surface area is 145 Å². The minimum Gasteiger partial charge on any atom is -0.508 e. The molecule has 0 aliphatic heterocycles. The summed E-state index contributed by atoms with van der Waals surface area (Å²) in [5, 5.41) is 23.9. The molecule has 6 heteroatoms. The van der Waals surface area contributed by atoms with Crippen LogP contribution in [0.5, 0.6) is 23.0 Å². The lowest BCUT2D eigenvalue weighted by Crippen LogP contribution is -2.02. The van der Waals surface area contributed by atoms with Gasteiger partial charge in [0.15, 0.2) is 11.5 Å². The van der Waals surface area contributed by atoms with E-state index in [0.29, 0.717) is 18.0 Å². The van der Waals surface area contributed by atoms with E-state index in [1.54, 1.807) is 24.3 Å². The molecule has 0 saturated heterocycles. The lowest BCUT2D eigenvalue weighted by Gasteiger charge is -2.14. The number of aryl methyl sites for hydroxylation is 1. The number of methoxy groups -OCH3 is 2. The van der Waals surface area contributed by atoms with Gasteiger partial charge in [-0.2, -0.15) is 0 Å². The first kappa shape index (κ1) is 16.7. The van der Waals surface area contributed by atoms with E-state index in [9.17, 15) is 10.2 Å². The molecule has 3 rings (SSSR count). The lowest BCUT2D eigenvalue weighted by molar-refractivity contribution is 0.339. The molecular formula is C19H20N2O4. The molecule has 3 N–H and O–H groups in total. The molecule has 0 spiro atoms. The summed E-state index contributed by atoms with van der Waals surface area (Å²) in [6, 6.07) is 10.6. The predicted molar refractivity (Wildman–Crippen MR) is 96.7 cm³/mol. The van der Waals surface area contributed by atoms with Crippen LogP contribution in [0, 0.1) is 6.92 Å². The van der Waals surface area contributed by atoms with Gasteiger partial charge in [0, 0.05) is 29.4 Å². The second-order valence-corrected chi connectivity index (χ2v) is 5.72. The average molecular weight is 340 g/mol. The number of rotatable bonds is 5. The fraction of sp³-hybridized carbons (Fsp3) is 0.211. The fourth-order valence-corrected chi connectivity index (χ4v) is 2.74. The molecule has 0 fully saturated rings. The predicted octanol–water partition coefficient (Wildman–Crippen LogP) is 3.58. The number of phenolic OH excluding ortho intramolecular Hbond substituents is 2. The summed E-state index contributed by atoms with van der Waals surface area (Å²) in [6.45, 7) is 2.41. The average Bonchev–Trinajstić information content (AvgIpc) is 2.59. The molecule has 2 aromatic carbocycles. The van der Waals surface area contributed by atoms with Crippen LogP contribution in [0.1, 0.15) is 11.3 Å². The molecule has 1 heterocycles. The Morgan fingerprint density at radius 1 is 1.00 bits per heavy atom. The van der Waals surface area contributed by atoms with E-state index >= 15 is 0 Å². The van der Waals surface area contributed by atoms with E-state index < -0.39 is 0 Å². The number of pyridine rings is 1. The fourth-order valence-electron chi connectivity index (χ4n) is 2.74. The molecule has 0 radical (unpaired) electrons. The lowest BCUT2D eigenvalue weighted by atomic mass is 10.1. The zero-order chi connectivity index (χ0) is 18.0. The summed E-state index contributed by atoms with van der Waals surface area (Å²) in [7, 11) is 3.00. The van der Waals surface area contributed by atoms with Crippen LogP contribution in [-0.4, -0.2) is 29.4 Å². The quantitative estimate of drug-likeness (QED) is 0.658. The first-order valence-corrected chi connectivity index (χ1v) is 7.80. The van der Waals surface area contributed by atoms with Crippen LogP contribution in [0.3, 0.4) is 0 Å². The van der Waals surface area contributed by atoms with E-state index in [2.05, 4.69) is 10.3 Å². The minimum atomic E-state index is -0.0190. The Kier molecular flexibility index (Phi) is 4.52. The second kappa shape index (κ2) is 6.76. The highest BCUT2D eigenvalue weighted by atomic mass is 16.5. The molecule has 25 heavy (non-hydrogen) atoms. The highest BCUT2D eigenvalue weighted by Gasteiger charge is 2.12. The highest BCUT2D eigenvalue weighted by Crippen LogP contribution is 2.37. The standard InChI is InChI=1S/C19H20N2O4/c1-11-6-15(14-5-4-13(22)9-16(14)21-11)20-10-12-7-17(24-2)19(23)18(8-12)25-3/h4-9,22-23H,10H2,1-3H3,(H,20,21). The van der Waals surface area contributed by atoms with Crippen molar-refractivity contribution in [3.8, 4) is 23.0 Å². The number of hydrogen-bond acceptors (Lipinski definition) is 6. The Morgan fingerprint density at radius 3 is 2.32 bits per heavy atom. The first-order chi connectivity index (χ1) is 12.0. The summed E-state index contributed by atoms with van der Waals surface area (Å²) >= 11 is 0. The van der Waals surface area contributed by atoms with Gasteiger partial charge >= 0.3 is 0 Å². The van der Waals surface area contributed by atoms with Crippen molar-refractivity contribution in [1.82, 2.24) is 4.98 Å². The van der Waals surface area contributed by atoms with Gasteiger partial charge in [0.25, 0.3) is 0 Å². The Morgan fingerprint density at radius 2 is 1.68 bits per heavy atom. The minimum absolute atomic E-state index is 0.0190. The number of anilines is 1. The Balaban J connectivity index is 1.93. The van der Waals surface area contributed by atoms with E-state index in [1.165, 1.54) is 14.2 Å². The molecule has 0 amide bonds. The molecule has 0 unspecified atom stereocenters. The second-order valence-electron chi connectivity index (χ2n) is 5.72. The molecule has 0 aliphatic carbocycles. The summed E-state index contributed by atoms with van der Waals surface area (Å²) in [5.41, 5.74) is 3.38. The van der Waals surface area contributed by atoms with Gasteiger partial charge in [0.2, 0.25) is 5.75 Å². The number of phenols is 2. The van der Waals surface area contributed by atoms with Crippen LogP contribution in [0.2, 0.25) is 0 Å². The number of nitrogens with one attached hydrogen (secondary N) is 1. The molecule has 1 aromatic heterocycles. The van der Waals surface area contributed by atoms with Crippen LogP contribution >= 0.6 is 0 Å². The van der Waals surface area contributed by atoms with Crippen LogP contribution in [-0.2, 0) is 6.54 Å². The van der Waals surface area contributed by atoms with Crippen molar-refractivity contribution in [2.24, 2.45) is 0 Å². The molecule has 6 nitrogen and oxygen atoms in total. The van der Waals surface area contributed by atoms with E-state index in [-0.39, 0.29) is 11.5 Å². The van der Waals surface area contributed by atoms with Crippen LogP contribution in [0.25, 0.3) is 10.9 Å². The van der Waals surface area contributed by atoms with Crippen LogP contribution < -0.4 is 14.8 Å². The highest BCUT2D eigenvalue weighted by molar-refractivity contribution is 5.92. The van der Waals surface area contributed by atoms with Crippen molar-refractivity contribution in [3.05, 3.63) is 47.7 Å². The third-order valence-electron chi connectivity index (χ3n) is 3.94. The maximum absolute atomic E-state index is 10.00. The van der Waals surface area contributed by atoms with Crippen molar-refractivity contribution >= 4 is 16.6 Å². The van der Waals surface area contributed by atoms with Crippen molar-refractivity contribution in [2.75, 3.05) is 19.5 Å². The molecule has 0 aliphatic rings. The summed E-state index contributed by atoms with van der Waals surface area (Å²) in [4.78, 5) is 4.45. The summed E-state index contributed by atoms with van der Waals surface area (Å²) < 4.78 is 10.4. The van der Waals surface area contributed by atoms with Gasteiger partial charge in [0.05, 0.1) is 19.7 Å². The number of ether oxygens (including phenoxy) is 2. The number of hydrogen-bond donors (Lipinski definition) is 3. The van der Waals surface area contributed by atoms with E-state index in [4.69, 9.17) is 9.47 Å². The van der Waals surface area contributed by atoms with Gasteiger partial charge in [-0.15, -0.1) is 0 Å². The number of aromatic nitrogens is 1. The first-order valence-electron chi connectivity index (χ1n) is 7.80. The topological polar surface area (TPSA) is 83.8 Å². The SMILES string of the molecule is COc1cc(CNc2cc(C)nc3cc(O)ccc23)cc(OC)c1O. The number of aromatic hydroxyl groups is 2. The van der Waals surface area contributed by atoms with E-state index in [1.807, 2.05) is 19.1 Å². The number of benzene rings is 2. The van der Waals surface area contributed by atoms with Gasteiger partial charge < -0.3 is 25.0 Å². The molecule has 0 atom stereocenters. The molecule has 130 valence electrons. The molecular weight excluding hydrogens is 320 g/mol. The van der Waals surface area contributed by atoms with Gasteiger partial charge in [-0.05, 0) is 42.8 Å². The molecule has 3 aromatic rings. The van der Waals surface area contributed by atoms with Crippen LogP contribution in [0.15, 0.2) is 36.4 Å². The number of nitrogens with zero attached hydrogens (tertiary/aromatic N) is 1. The van der Waals surface area contributed by atoms with Crippen molar-refractivity contribution in [1.29, 1.82) is 0 Å². The zero-order valence-corrected chi connectivity index (χ0v) is 14.3. The molecule has 0 bridgehead atoms. The van der Waals surface area contributed by atoms with Crippen LogP contribution in [0.4, 0.5) is 5.69 Å². The van der Waals surface area contributed by atoms with Crippen molar-refractivity contribution in [3.63, 3.8) is 0 Å². The monoisotopic (exact) mass is 340 g/mol. The summed E-state index contributed by atoms with van der Waals surface area (Å²) in [5.74, 6) is 0.882. The van der Waals surface area contributed by atoms with Crippen molar-refractivity contribution in [2.45, 2.75) is 13.5 Å². The third kappa shape index (κ3) is 3.38. The van der Waals surface area contributed by atoms with Gasteiger partial charge in [0.1, 0.15) is 5.75 Å². The normalized spacial score (nSPS) is 10.7. The Hall–Kier alpha value is -3.15. The maximum Gasteiger partial charge on any atom is 0.200 e. The van der Waals surface area contributed by atoms with Gasteiger partial charge in [-0.3, -0.25) is 4.98 Å².